The lowest BCUT2D eigenvalue weighted by Crippen LogP contribution is -2.44. The van der Waals surface area contributed by atoms with Crippen LogP contribution >= 0.6 is 0 Å². The number of anilines is 1. The molecule has 0 radical (unpaired) electrons. The Labute approximate surface area is 198 Å². The summed E-state index contributed by atoms with van der Waals surface area (Å²) < 4.78 is 55.5. The Morgan fingerprint density at radius 3 is 2.53 bits per heavy atom. The van der Waals surface area contributed by atoms with Crippen LogP contribution in [0, 0.1) is 17.6 Å². The number of rotatable bonds is 7. The van der Waals surface area contributed by atoms with E-state index in [9.17, 15) is 12.8 Å². The van der Waals surface area contributed by atoms with E-state index in [0.29, 0.717) is 11.3 Å². The van der Waals surface area contributed by atoms with E-state index in [1.54, 1.807) is 26.2 Å². The van der Waals surface area contributed by atoms with Gasteiger partial charge in [0.15, 0.2) is 21.5 Å². The normalized spacial score (nSPS) is 15.3. The van der Waals surface area contributed by atoms with Crippen molar-refractivity contribution in [2.24, 2.45) is 5.92 Å². The molecule has 0 aliphatic carbocycles. The van der Waals surface area contributed by atoms with Crippen LogP contribution in [0.5, 0.6) is 0 Å². The smallest absolute Gasteiger partial charge is 0.156 e. The van der Waals surface area contributed by atoms with Crippen molar-refractivity contribution in [1.82, 2.24) is 24.9 Å². The van der Waals surface area contributed by atoms with Gasteiger partial charge in [-0.05, 0) is 25.1 Å². The first-order chi connectivity index (χ1) is 16.1. The van der Waals surface area contributed by atoms with Gasteiger partial charge in [-0.25, -0.2) is 21.9 Å². The van der Waals surface area contributed by atoms with Crippen molar-refractivity contribution < 1.29 is 17.2 Å². The van der Waals surface area contributed by atoms with Gasteiger partial charge in [0.05, 0.1) is 29.6 Å². The van der Waals surface area contributed by atoms with Crippen LogP contribution in [0.2, 0.25) is 0 Å². The molecule has 0 N–H and O–H groups in total. The summed E-state index contributed by atoms with van der Waals surface area (Å²) in [5.41, 5.74) is 1.45. The number of pyridine rings is 1. The van der Waals surface area contributed by atoms with Crippen LogP contribution in [0.3, 0.4) is 0 Å². The molecule has 1 fully saturated rings. The number of hydrogen-bond acceptors (Lipinski definition) is 7. The summed E-state index contributed by atoms with van der Waals surface area (Å²) >= 11 is 0. The molecule has 1 aliphatic heterocycles. The van der Waals surface area contributed by atoms with Crippen molar-refractivity contribution in [3.8, 4) is 16.9 Å². The molecule has 1 aliphatic rings. The third-order valence-electron chi connectivity index (χ3n) is 5.72. The molecule has 3 aromatic rings. The maximum Gasteiger partial charge on any atom is 0.156 e. The number of nitrogens with zero attached hydrogens (tertiary/aromatic N) is 6. The zero-order chi connectivity index (χ0) is 24.5. The van der Waals surface area contributed by atoms with Gasteiger partial charge in [0.2, 0.25) is 0 Å². The average molecular weight is 491 g/mol. The number of likely N-dealkylation sites (N-methyl/N-ethyl adjacent to an activating group) is 1. The van der Waals surface area contributed by atoms with Gasteiger partial charge in [-0.3, -0.25) is 4.98 Å². The van der Waals surface area contributed by atoms with Crippen molar-refractivity contribution in [3.05, 3.63) is 54.0 Å². The number of piperazine rings is 1. The van der Waals surface area contributed by atoms with Crippen molar-refractivity contribution in [2.45, 2.75) is 19.6 Å². The minimum atomic E-state index is -3.55. The maximum atomic E-state index is 15.2. The van der Waals surface area contributed by atoms with Gasteiger partial charge in [-0.1, -0.05) is 25.1 Å². The number of halogens is 2. The van der Waals surface area contributed by atoms with Gasteiger partial charge in [-0.2, -0.15) is 0 Å². The molecule has 0 atom stereocenters. The van der Waals surface area contributed by atoms with Gasteiger partial charge in [0.1, 0.15) is 11.4 Å². The van der Waals surface area contributed by atoms with Gasteiger partial charge in [0, 0.05) is 43.5 Å². The Hall–Kier alpha value is -2.92. The SMILES string of the molecule is CC(C)CS(=O)(=O)Cc1ccc(F)c(-n2cc(-c3cncc(N4CCN(C)CC4)c3)nn2)c1F. The van der Waals surface area contributed by atoms with E-state index in [1.807, 2.05) is 6.07 Å². The van der Waals surface area contributed by atoms with Crippen LogP contribution in [0.15, 0.2) is 36.8 Å². The molecule has 3 heterocycles. The number of hydrogen-bond donors (Lipinski definition) is 0. The number of aromatic nitrogens is 4. The van der Waals surface area contributed by atoms with Gasteiger partial charge >= 0.3 is 0 Å². The molecule has 1 aromatic carbocycles. The van der Waals surface area contributed by atoms with E-state index in [2.05, 4.69) is 32.1 Å². The minimum absolute atomic E-state index is 0.0801. The predicted molar refractivity (Wildman–Crippen MR) is 127 cm³/mol. The molecule has 4 rings (SSSR count). The van der Waals surface area contributed by atoms with Crippen molar-refractivity contribution in [2.75, 3.05) is 43.9 Å². The lowest BCUT2D eigenvalue weighted by molar-refractivity contribution is 0.313. The van der Waals surface area contributed by atoms with Crippen molar-refractivity contribution >= 4 is 15.5 Å². The second kappa shape index (κ2) is 9.75. The molecular weight excluding hydrogens is 462 g/mol. The molecular formula is C23H28F2N6O2S. The molecule has 0 bridgehead atoms. The first-order valence-electron chi connectivity index (χ1n) is 11.1. The van der Waals surface area contributed by atoms with Crippen LogP contribution in [-0.2, 0) is 15.6 Å². The fourth-order valence-corrected chi connectivity index (χ4v) is 5.85. The summed E-state index contributed by atoms with van der Waals surface area (Å²) in [7, 11) is -1.47. The highest BCUT2D eigenvalue weighted by atomic mass is 32.2. The predicted octanol–water partition coefficient (Wildman–Crippen LogP) is 2.93. The molecule has 182 valence electrons. The summed E-state index contributed by atoms with van der Waals surface area (Å²) in [6.07, 6.45) is 4.81. The fraction of sp³-hybridized carbons (Fsp3) is 0.435. The standard InChI is InChI=1S/C23H28F2N6O2S/c1-16(2)14-34(32,33)15-17-4-5-20(24)23(22(17)25)31-13-21(27-28-31)18-10-19(12-26-11-18)30-8-6-29(3)7-9-30/h4-5,10-13,16H,6-9,14-15H2,1-3H3. The zero-order valence-corrected chi connectivity index (χ0v) is 20.3. The summed E-state index contributed by atoms with van der Waals surface area (Å²) in [5, 5.41) is 7.99. The molecule has 0 amide bonds. The van der Waals surface area contributed by atoms with Crippen LogP contribution in [-0.4, -0.2) is 72.3 Å². The van der Waals surface area contributed by atoms with Gasteiger partial charge in [0.25, 0.3) is 0 Å². The highest BCUT2D eigenvalue weighted by molar-refractivity contribution is 7.90. The Morgan fingerprint density at radius 2 is 1.82 bits per heavy atom. The Balaban J connectivity index is 1.62. The van der Waals surface area contributed by atoms with Crippen molar-refractivity contribution in [1.29, 1.82) is 0 Å². The van der Waals surface area contributed by atoms with E-state index < -0.39 is 32.9 Å². The topological polar surface area (TPSA) is 84.2 Å². The van der Waals surface area contributed by atoms with Crippen LogP contribution in [0.25, 0.3) is 16.9 Å². The monoisotopic (exact) mass is 490 g/mol. The third-order valence-corrected chi connectivity index (χ3v) is 7.65. The third kappa shape index (κ3) is 5.41. The summed E-state index contributed by atoms with van der Waals surface area (Å²) in [6.45, 7) is 7.18. The maximum absolute atomic E-state index is 15.2. The van der Waals surface area contributed by atoms with E-state index in [0.717, 1.165) is 48.7 Å². The number of sulfone groups is 1. The van der Waals surface area contributed by atoms with Gasteiger partial charge < -0.3 is 9.80 Å². The minimum Gasteiger partial charge on any atom is -0.368 e. The largest absolute Gasteiger partial charge is 0.368 e. The van der Waals surface area contributed by atoms with Crippen LogP contribution in [0.1, 0.15) is 19.4 Å². The second-order valence-electron chi connectivity index (χ2n) is 9.09. The lowest BCUT2D eigenvalue weighted by atomic mass is 10.2. The average Bonchev–Trinajstić information content (AvgIpc) is 3.25. The summed E-state index contributed by atoms with van der Waals surface area (Å²) in [6, 6.07) is 4.14. The van der Waals surface area contributed by atoms with E-state index in [-0.39, 0.29) is 17.2 Å². The Morgan fingerprint density at radius 1 is 1.09 bits per heavy atom. The fourth-order valence-electron chi connectivity index (χ4n) is 4.02. The Bertz CT molecular complexity index is 1270. The zero-order valence-electron chi connectivity index (χ0n) is 19.4. The van der Waals surface area contributed by atoms with E-state index in [4.69, 9.17) is 0 Å². The van der Waals surface area contributed by atoms with Crippen LogP contribution in [0.4, 0.5) is 14.5 Å². The molecule has 0 unspecified atom stereocenters. The molecule has 34 heavy (non-hydrogen) atoms. The molecule has 8 nitrogen and oxygen atoms in total. The summed E-state index contributed by atoms with van der Waals surface area (Å²) in [4.78, 5) is 8.78. The quantitative estimate of drug-likeness (QED) is 0.504. The summed E-state index contributed by atoms with van der Waals surface area (Å²) in [5.74, 6) is -2.51. The first-order valence-corrected chi connectivity index (χ1v) is 12.9. The number of benzene rings is 1. The molecule has 11 heteroatoms. The molecule has 1 saturated heterocycles. The van der Waals surface area contributed by atoms with E-state index >= 15 is 4.39 Å². The lowest BCUT2D eigenvalue weighted by Gasteiger charge is -2.33. The molecule has 0 saturated carbocycles. The highest BCUT2D eigenvalue weighted by Crippen LogP contribution is 2.26. The Kier molecular flexibility index (Phi) is 6.94. The first kappa shape index (κ1) is 24.2. The second-order valence-corrected chi connectivity index (χ2v) is 11.2. The van der Waals surface area contributed by atoms with Gasteiger partial charge in [-0.15, -0.1) is 5.10 Å². The molecule has 0 spiro atoms. The molecule has 2 aromatic heterocycles. The highest BCUT2D eigenvalue weighted by Gasteiger charge is 2.23. The van der Waals surface area contributed by atoms with E-state index in [1.165, 1.54) is 6.20 Å². The van der Waals surface area contributed by atoms with Crippen molar-refractivity contribution in [3.63, 3.8) is 0 Å². The van der Waals surface area contributed by atoms with Crippen LogP contribution < -0.4 is 4.90 Å².